The summed E-state index contributed by atoms with van der Waals surface area (Å²) in [7, 11) is 1.57. The topological polar surface area (TPSA) is 93.5 Å². The fraction of sp³-hybridized carbons (Fsp3) is 0.818. The molecule has 100 valence electrons. The lowest BCUT2D eigenvalue weighted by Gasteiger charge is -2.15. The van der Waals surface area contributed by atoms with Crippen LogP contribution in [0.25, 0.3) is 0 Å². The third kappa shape index (κ3) is 6.91. The van der Waals surface area contributed by atoms with E-state index in [9.17, 15) is 9.59 Å². The Balaban J connectivity index is 3.81. The molecule has 0 rings (SSSR count). The van der Waals surface area contributed by atoms with E-state index in [1.165, 1.54) is 0 Å². The van der Waals surface area contributed by atoms with Crippen molar-refractivity contribution in [2.75, 3.05) is 20.2 Å². The molecule has 0 saturated heterocycles. The maximum Gasteiger partial charge on any atom is 0.239 e. The minimum atomic E-state index is -0.583. The van der Waals surface area contributed by atoms with Crippen molar-refractivity contribution in [1.29, 1.82) is 0 Å². The van der Waals surface area contributed by atoms with E-state index in [1.807, 2.05) is 20.8 Å². The van der Waals surface area contributed by atoms with Gasteiger partial charge in [-0.05, 0) is 12.8 Å². The van der Waals surface area contributed by atoms with E-state index < -0.39 is 6.04 Å². The van der Waals surface area contributed by atoms with Gasteiger partial charge in [0.15, 0.2) is 0 Å². The number of methoxy groups -OCH3 is 1. The van der Waals surface area contributed by atoms with E-state index in [1.54, 1.807) is 7.11 Å². The summed E-state index contributed by atoms with van der Waals surface area (Å²) in [5.74, 6) is -0.514. The second kappa shape index (κ2) is 8.03. The van der Waals surface area contributed by atoms with Crippen LogP contribution >= 0.6 is 0 Å². The number of carbonyl (C=O) groups is 2. The van der Waals surface area contributed by atoms with Gasteiger partial charge in [-0.25, -0.2) is 0 Å². The van der Waals surface area contributed by atoms with Gasteiger partial charge in [-0.1, -0.05) is 13.8 Å². The molecule has 4 N–H and O–H groups in total. The zero-order valence-corrected chi connectivity index (χ0v) is 10.9. The highest BCUT2D eigenvalue weighted by atomic mass is 16.5. The Morgan fingerprint density at radius 3 is 2.29 bits per heavy atom. The molecule has 0 heterocycles. The largest absolute Gasteiger partial charge is 0.380 e. The Hall–Kier alpha value is -1.14. The van der Waals surface area contributed by atoms with Gasteiger partial charge in [0.25, 0.3) is 0 Å². The van der Waals surface area contributed by atoms with Crippen LogP contribution in [0, 0.1) is 5.92 Å². The highest BCUT2D eigenvalue weighted by Gasteiger charge is 2.17. The molecule has 0 aromatic heterocycles. The molecule has 0 radical (unpaired) electrons. The van der Waals surface area contributed by atoms with E-state index in [0.717, 1.165) is 0 Å². The van der Waals surface area contributed by atoms with Crippen molar-refractivity contribution in [2.24, 2.45) is 11.7 Å². The number of nitrogens with one attached hydrogen (secondary N) is 2. The molecule has 0 fully saturated rings. The summed E-state index contributed by atoms with van der Waals surface area (Å²) in [5, 5.41) is 5.13. The molecule has 0 spiro atoms. The quantitative estimate of drug-likeness (QED) is 0.549. The molecular weight excluding hydrogens is 222 g/mol. The molecule has 6 nitrogen and oxygen atoms in total. The van der Waals surface area contributed by atoms with Gasteiger partial charge in [0.2, 0.25) is 11.8 Å². The van der Waals surface area contributed by atoms with Gasteiger partial charge >= 0.3 is 0 Å². The Kier molecular flexibility index (Phi) is 7.49. The van der Waals surface area contributed by atoms with Crippen molar-refractivity contribution in [3.63, 3.8) is 0 Å². The maximum absolute atomic E-state index is 11.4. The van der Waals surface area contributed by atoms with Gasteiger partial charge in [-0.15, -0.1) is 0 Å². The number of carbonyl (C=O) groups excluding carboxylic acids is 2. The van der Waals surface area contributed by atoms with Crippen LogP contribution in [-0.2, 0) is 14.3 Å². The predicted octanol–water partition coefficient (Wildman–Crippen LogP) is -0.763. The molecule has 2 atom stereocenters. The second-order valence-electron chi connectivity index (χ2n) is 4.34. The lowest BCUT2D eigenvalue weighted by atomic mass is 10.1. The number of ether oxygens (including phenoxy) is 1. The van der Waals surface area contributed by atoms with Crippen LogP contribution in [0.4, 0.5) is 0 Å². The first-order chi connectivity index (χ1) is 7.88. The van der Waals surface area contributed by atoms with Crippen molar-refractivity contribution >= 4 is 11.8 Å². The highest BCUT2D eigenvalue weighted by Crippen LogP contribution is 1.97. The first-order valence-corrected chi connectivity index (χ1v) is 5.71. The van der Waals surface area contributed by atoms with Gasteiger partial charge in [0, 0.05) is 13.7 Å². The molecule has 0 aliphatic carbocycles. The number of rotatable bonds is 7. The molecule has 0 aliphatic rings. The zero-order chi connectivity index (χ0) is 13.4. The van der Waals surface area contributed by atoms with Gasteiger partial charge in [-0.2, -0.15) is 0 Å². The van der Waals surface area contributed by atoms with E-state index in [4.69, 9.17) is 10.5 Å². The zero-order valence-electron chi connectivity index (χ0n) is 10.9. The molecule has 0 aliphatic heterocycles. The Morgan fingerprint density at radius 2 is 1.82 bits per heavy atom. The van der Waals surface area contributed by atoms with Crippen molar-refractivity contribution in [3.05, 3.63) is 0 Å². The first kappa shape index (κ1) is 15.9. The summed E-state index contributed by atoms with van der Waals surface area (Å²) in [6.07, 6.45) is -0.0485. The summed E-state index contributed by atoms with van der Waals surface area (Å²) in [6, 6.07) is -0.583. The van der Waals surface area contributed by atoms with Gasteiger partial charge in [-0.3, -0.25) is 9.59 Å². The molecular formula is C11H23N3O3. The van der Waals surface area contributed by atoms with E-state index in [2.05, 4.69) is 10.6 Å². The van der Waals surface area contributed by atoms with Crippen LogP contribution in [0.2, 0.25) is 0 Å². The smallest absolute Gasteiger partial charge is 0.239 e. The van der Waals surface area contributed by atoms with Crippen LogP contribution in [0.5, 0.6) is 0 Å². The van der Waals surface area contributed by atoms with E-state index in [0.29, 0.717) is 6.54 Å². The third-order valence-corrected chi connectivity index (χ3v) is 2.43. The molecule has 17 heavy (non-hydrogen) atoms. The summed E-state index contributed by atoms with van der Waals surface area (Å²) < 4.78 is 4.97. The van der Waals surface area contributed by atoms with Gasteiger partial charge in [0.05, 0.1) is 18.7 Å². The SMILES string of the molecule is COC(C)CNC(=O)CNC(=O)[C@@H](N)C(C)C. The van der Waals surface area contributed by atoms with Gasteiger partial charge < -0.3 is 21.1 Å². The molecule has 2 amide bonds. The average molecular weight is 245 g/mol. The molecule has 0 bridgehead atoms. The molecule has 1 unspecified atom stereocenters. The Labute approximate surface area is 102 Å². The van der Waals surface area contributed by atoms with Crippen LogP contribution in [-0.4, -0.2) is 44.2 Å². The van der Waals surface area contributed by atoms with Crippen LogP contribution in [0.3, 0.4) is 0 Å². The minimum Gasteiger partial charge on any atom is -0.380 e. The summed E-state index contributed by atoms with van der Waals surface area (Å²) in [5.41, 5.74) is 5.63. The van der Waals surface area contributed by atoms with Crippen molar-refractivity contribution in [1.82, 2.24) is 10.6 Å². The Morgan fingerprint density at radius 1 is 1.24 bits per heavy atom. The van der Waals surface area contributed by atoms with Crippen LogP contribution in [0.1, 0.15) is 20.8 Å². The highest BCUT2D eigenvalue weighted by molar-refractivity contribution is 5.87. The molecule has 0 saturated carbocycles. The number of hydrogen-bond acceptors (Lipinski definition) is 4. The average Bonchev–Trinajstić information content (AvgIpc) is 2.31. The minimum absolute atomic E-state index is 0.0478. The second-order valence-corrected chi connectivity index (χ2v) is 4.34. The maximum atomic E-state index is 11.4. The van der Waals surface area contributed by atoms with Crippen molar-refractivity contribution in [3.8, 4) is 0 Å². The standard InChI is InChI=1S/C11H23N3O3/c1-7(2)10(12)11(16)14-6-9(15)13-5-8(3)17-4/h7-8,10H,5-6,12H2,1-4H3,(H,13,15)(H,14,16)/t8?,10-/m0/s1. The number of amides is 2. The summed E-state index contributed by atoms with van der Waals surface area (Å²) in [6.45, 7) is 5.90. The van der Waals surface area contributed by atoms with Crippen molar-refractivity contribution < 1.29 is 14.3 Å². The fourth-order valence-corrected chi connectivity index (χ4v) is 0.991. The predicted molar refractivity (Wildman–Crippen MR) is 65.3 cm³/mol. The normalized spacial score (nSPS) is 14.2. The van der Waals surface area contributed by atoms with Crippen LogP contribution < -0.4 is 16.4 Å². The Bertz CT molecular complexity index is 256. The van der Waals surface area contributed by atoms with E-state index >= 15 is 0 Å². The lowest BCUT2D eigenvalue weighted by molar-refractivity contribution is -0.127. The third-order valence-electron chi connectivity index (χ3n) is 2.43. The van der Waals surface area contributed by atoms with Gasteiger partial charge in [0.1, 0.15) is 0 Å². The molecule has 0 aromatic carbocycles. The van der Waals surface area contributed by atoms with Crippen molar-refractivity contribution in [2.45, 2.75) is 32.9 Å². The molecule has 6 heteroatoms. The number of nitrogens with two attached hydrogens (primary N) is 1. The number of hydrogen-bond donors (Lipinski definition) is 3. The lowest BCUT2D eigenvalue weighted by Crippen LogP contribution is -2.47. The van der Waals surface area contributed by atoms with E-state index in [-0.39, 0.29) is 30.4 Å². The summed E-state index contributed by atoms with van der Waals surface area (Å²) >= 11 is 0. The fourth-order valence-electron chi connectivity index (χ4n) is 0.991. The first-order valence-electron chi connectivity index (χ1n) is 5.71. The molecule has 0 aromatic rings. The summed E-state index contributed by atoms with van der Waals surface area (Å²) in [4.78, 5) is 22.8. The van der Waals surface area contributed by atoms with Crippen LogP contribution in [0.15, 0.2) is 0 Å². The monoisotopic (exact) mass is 245 g/mol.